The van der Waals surface area contributed by atoms with E-state index in [9.17, 15) is 9.90 Å². The molecule has 0 unspecified atom stereocenters. The Labute approximate surface area is 165 Å². The summed E-state index contributed by atoms with van der Waals surface area (Å²) < 4.78 is 45.1. The van der Waals surface area contributed by atoms with Crippen molar-refractivity contribution in [3.05, 3.63) is 0 Å². The Hall–Kier alpha value is -0.690. The van der Waals surface area contributed by atoms with Crippen LogP contribution >= 0.6 is 0 Å². The molecule has 0 aromatic carbocycles. The third-order valence-corrected chi connectivity index (χ3v) is 6.12. The third-order valence-electron chi connectivity index (χ3n) is 6.12. The van der Waals surface area contributed by atoms with Crippen LogP contribution in [0, 0.1) is 0 Å². The van der Waals surface area contributed by atoms with E-state index in [4.69, 9.17) is 37.9 Å². The fourth-order valence-electron chi connectivity index (χ4n) is 3.36. The van der Waals surface area contributed by atoms with Crippen molar-refractivity contribution in [1.29, 1.82) is 0 Å². The fourth-order valence-corrected chi connectivity index (χ4v) is 3.36. The highest BCUT2D eigenvalue weighted by molar-refractivity contribution is 5.64. The van der Waals surface area contributed by atoms with E-state index in [-0.39, 0.29) is 13.2 Å². The zero-order chi connectivity index (χ0) is 21.4. The lowest BCUT2D eigenvalue weighted by atomic mass is 9.90. The predicted octanol–water partition coefficient (Wildman–Crippen LogP) is 0.198. The van der Waals surface area contributed by atoms with Gasteiger partial charge >= 0.3 is 0 Å². The molecule has 10 nitrogen and oxygen atoms in total. The molecular formula is C18H32O10. The molecule has 0 amide bonds. The third kappa shape index (κ3) is 3.40. The summed E-state index contributed by atoms with van der Waals surface area (Å²) in [7, 11) is 5.70. The Kier molecular flexibility index (Phi) is 6.62. The van der Waals surface area contributed by atoms with Gasteiger partial charge in [0.25, 0.3) is 0 Å². The lowest BCUT2D eigenvalue weighted by molar-refractivity contribution is -0.466. The second kappa shape index (κ2) is 7.86. The normalized spacial score (nSPS) is 48.2. The van der Waals surface area contributed by atoms with Crippen molar-refractivity contribution < 1.29 is 47.8 Å². The van der Waals surface area contributed by atoms with E-state index >= 15 is 0 Å². The molecule has 0 aromatic heterocycles. The van der Waals surface area contributed by atoms with E-state index in [0.29, 0.717) is 6.29 Å². The first-order chi connectivity index (χ1) is 12.9. The highest BCUT2D eigenvalue weighted by Gasteiger charge is 2.63. The van der Waals surface area contributed by atoms with E-state index in [2.05, 4.69) is 0 Å². The minimum absolute atomic E-state index is 0.0748. The number of carbonyl (C=O) groups is 1. The van der Waals surface area contributed by atoms with Gasteiger partial charge in [0.15, 0.2) is 11.9 Å². The summed E-state index contributed by atoms with van der Waals surface area (Å²) in [5, 5.41) is 11.1. The van der Waals surface area contributed by atoms with E-state index in [1.165, 1.54) is 28.4 Å². The van der Waals surface area contributed by atoms with Crippen LogP contribution in [-0.4, -0.2) is 94.0 Å². The van der Waals surface area contributed by atoms with Crippen LogP contribution in [0.3, 0.4) is 0 Å². The monoisotopic (exact) mass is 408 g/mol. The molecule has 2 rings (SSSR count). The van der Waals surface area contributed by atoms with Gasteiger partial charge in [-0.05, 0) is 27.7 Å². The molecule has 2 aliphatic heterocycles. The van der Waals surface area contributed by atoms with Gasteiger partial charge in [-0.3, -0.25) is 4.79 Å². The molecule has 0 bridgehead atoms. The van der Waals surface area contributed by atoms with Gasteiger partial charge in [0.1, 0.15) is 12.2 Å². The highest BCUT2D eigenvalue weighted by Crippen LogP contribution is 2.44. The summed E-state index contributed by atoms with van der Waals surface area (Å²) in [6, 6.07) is 0. The van der Waals surface area contributed by atoms with Gasteiger partial charge in [-0.25, -0.2) is 0 Å². The molecule has 1 N–H and O–H groups in total. The number of aliphatic hydroxyl groups is 1. The van der Waals surface area contributed by atoms with Crippen molar-refractivity contribution in [1.82, 2.24) is 0 Å². The number of methoxy groups -OCH3 is 4. The van der Waals surface area contributed by atoms with E-state index in [1.807, 2.05) is 0 Å². The molecule has 10 heteroatoms. The van der Waals surface area contributed by atoms with Crippen molar-refractivity contribution in [2.24, 2.45) is 0 Å². The van der Waals surface area contributed by atoms with Crippen LogP contribution in [0.15, 0.2) is 0 Å². The van der Waals surface area contributed by atoms with Crippen LogP contribution in [0.4, 0.5) is 0 Å². The van der Waals surface area contributed by atoms with Crippen LogP contribution in [-0.2, 0) is 42.7 Å². The molecule has 2 saturated heterocycles. The maximum absolute atomic E-state index is 12.1. The molecular weight excluding hydrogens is 376 g/mol. The van der Waals surface area contributed by atoms with E-state index in [1.54, 1.807) is 27.7 Å². The van der Waals surface area contributed by atoms with Gasteiger partial charge in [0.05, 0.1) is 13.2 Å². The van der Waals surface area contributed by atoms with Gasteiger partial charge in [0.2, 0.25) is 23.1 Å². The summed E-state index contributed by atoms with van der Waals surface area (Å²) in [4.78, 5) is 12.1. The second-order valence-electron chi connectivity index (χ2n) is 7.48. The minimum atomic E-state index is -1.79. The number of aldehydes is 1. The van der Waals surface area contributed by atoms with Gasteiger partial charge in [-0.2, -0.15) is 0 Å². The van der Waals surface area contributed by atoms with Crippen LogP contribution in [0.5, 0.6) is 0 Å². The lowest BCUT2D eigenvalue weighted by Gasteiger charge is -2.55. The quantitative estimate of drug-likeness (QED) is 0.586. The Balaban J connectivity index is 2.31. The zero-order valence-electron chi connectivity index (χ0n) is 17.8. The summed E-state index contributed by atoms with van der Waals surface area (Å²) in [6.45, 7) is 6.08. The highest BCUT2D eigenvalue weighted by atomic mass is 16.8. The van der Waals surface area contributed by atoms with Crippen molar-refractivity contribution in [3.63, 3.8) is 0 Å². The Morgan fingerprint density at radius 2 is 1.39 bits per heavy atom. The Bertz CT molecular complexity index is 575. The average Bonchev–Trinajstić information content (AvgIpc) is 2.71. The number of hydrogen-bond acceptors (Lipinski definition) is 10. The summed E-state index contributed by atoms with van der Waals surface area (Å²) >= 11 is 0. The molecule has 2 aliphatic rings. The Morgan fingerprint density at radius 3 is 1.86 bits per heavy atom. The van der Waals surface area contributed by atoms with Crippen LogP contribution in [0.25, 0.3) is 0 Å². The maximum Gasteiger partial charge on any atom is 0.221 e. The largest absolute Gasteiger partial charge is 0.387 e. The number of ether oxygens (including phenoxy) is 8. The molecule has 0 spiro atoms. The predicted molar refractivity (Wildman–Crippen MR) is 94.3 cm³/mol. The zero-order valence-corrected chi connectivity index (χ0v) is 17.8. The summed E-state index contributed by atoms with van der Waals surface area (Å²) in [5.74, 6) is -5.35. The second-order valence-corrected chi connectivity index (χ2v) is 7.48. The van der Waals surface area contributed by atoms with Gasteiger partial charge < -0.3 is 43.0 Å². The molecule has 164 valence electrons. The molecule has 7 atom stereocenters. The fraction of sp³-hybridized carbons (Fsp3) is 0.944. The number of rotatable bonds is 7. The van der Waals surface area contributed by atoms with Crippen LogP contribution in [0.2, 0.25) is 0 Å². The number of aliphatic hydroxyl groups excluding tert-OH is 1. The van der Waals surface area contributed by atoms with Crippen LogP contribution in [0.1, 0.15) is 27.7 Å². The molecule has 2 heterocycles. The maximum atomic E-state index is 12.1. The summed E-state index contributed by atoms with van der Waals surface area (Å²) in [5.41, 5.74) is -1.79. The van der Waals surface area contributed by atoms with Crippen molar-refractivity contribution >= 4 is 6.29 Å². The van der Waals surface area contributed by atoms with Gasteiger partial charge in [-0.1, -0.05) is 0 Å². The van der Waals surface area contributed by atoms with Crippen molar-refractivity contribution in [3.8, 4) is 0 Å². The van der Waals surface area contributed by atoms with Gasteiger partial charge in [0, 0.05) is 28.4 Å². The molecule has 2 fully saturated rings. The molecule has 0 aromatic rings. The smallest absolute Gasteiger partial charge is 0.221 e. The first-order valence-corrected chi connectivity index (χ1v) is 8.95. The number of hydrogen-bond donors (Lipinski definition) is 1. The lowest BCUT2D eigenvalue weighted by Crippen LogP contribution is -2.73. The first-order valence-electron chi connectivity index (χ1n) is 8.95. The van der Waals surface area contributed by atoms with E-state index in [0.717, 1.165) is 0 Å². The minimum Gasteiger partial charge on any atom is -0.387 e. The van der Waals surface area contributed by atoms with Crippen molar-refractivity contribution in [2.45, 2.75) is 68.7 Å². The Morgan fingerprint density at radius 1 is 0.893 bits per heavy atom. The van der Waals surface area contributed by atoms with Crippen molar-refractivity contribution in [2.75, 3.05) is 41.7 Å². The topological polar surface area (TPSA) is 111 Å². The first kappa shape index (κ1) is 23.6. The number of carbonyl (C=O) groups excluding carboxylic acids is 1. The standard InChI is InChI=1S/C18H32O10/c1-14(21-5)16(3,23-7)27-12(9-25-14)13(20)18(10-19)11-26-15(2,22-6)17(4,24-8)28-18/h10,12-13,20H,9,11H2,1-8H3/t12-,13+,14-,15-,16-,17+,18-/m1/s1. The SMILES string of the molecule is CO[C@@]1(C)O[C@@](C=O)([C@@H](O)[C@H]2CO[C@@](C)(OC)[C@](C)(OC)O2)CO[C@@]1(C)OC. The van der Waals surface area contributed by atoms with Gasteiger partial charge in [-0.15, -0.1) is 0 Å². The molecule has 0 saturated carbocycles. The van der Waals surface area contributed by atoms with Crippen LogP contribution < -0.4 is 0 Å². The molecule has 0 radical (unpaired) electrons. The average molecular weight is 408 g/mol. The molecule has 0 aliphatic carbocycles. The molecule has 28 heavy (non-hydrogen) atoms. The van der Waals surface area contributed by atoms with E-state index < -0.39 is 41.0 Å². The summed E-state index contributed by atoms with van der Waals surface area (Å²) in [6.07, 6.45) is -1.96.